The second-order valence-corrected chi connectivity index (χ2v) is 3.89. The number of hydrogen-bond donors (Lipinski definition) is 2. The van der Waals surface area contributed by atoms with Gasteiger partial charge in [-0.1, -0.05) is 0 Å². The van der Waals surface area contributed by atoms with Crippen LogP contribution in [0.5, 0.6) is 0 Å². The van der Waals surface area contributed by atoms with Crippen LogP contribution in [0, 0.1) is 6.92 Å². The van der Waals surface area contributed by atoms with Crippen LogP contribution >= 0.6 is 0 Å². The molecule has 1 fully saturated rings. The van der Waals surface area contributed by atoms with E-state index in [4.69, 9.17) is 0 Å². The van der Waals surface area contributed by atoms with Crippen molar-refractivity contribution in [1.82, 2.24) is 10.3 Å². The fourth-order valence-electron chi connectivity index (χ4n) is 1.79. The molecule has 2 rings (SSSR count). The molecule has 0 spiro atoms. The Bertz CT molecular complexity index is 292. The van der Waals surface area contributed by atoms with Crippen molar-refractivity contribution in [3.63, 3.8) is 0 Å². The number of pyridine rings is 1. The van der Waals surface area contributed by atoms with E-state index < -0.39 is 0 Å². The summed E-state index contributed by atoms with van der Waals surface area (Å²) in [6.45, 7) is 4.23. The average molecular weight is 191 g/mol. The molecule has 1 atom stereocenters. The van der Waals surface area contributed by atoms with Gasteiger partial charge in [0, 0.05) is 18.8 Å². The zero-order chi connectivity index (χ0) is 9.80. The second-order valence-electron chi connectivity index (χ2n) is 3.89. The lowest BCUT2D eigenvalue weighted by Gasteiger charge is -2.11. The summed E-state index contributed by atoms with van der Waals surface area (Å²) in [7, 11) is 0. The van der Waals surface area contributed by atoms with Crippen LogP contribution in [0.25, 0.3) is 0 Å². The summed E-state index contributed by atoms with van der Waals surface area (Å²) in [4.78, 5) is 4.26. The van der Waals surface area contributed by atoms with Gasteiger partial charge in [-0.25, -0.2) is 4.98 Å². The van der Waals surface area contributed by atoms with Crippen LogP contribution in [0.4, 0.5) is 5.82 Å². The first-order valence-corrected chi connectivity index (χ1v) is 5.24. The molecular formula is C11H17N3. The van der Waals surface area contributed by atoms with Crippen LogP contribution in [-0.4, -0.2) is 24.1 Å². The van der Waals surface area contributed by atoms with E-state index in [0.717, 1.165) is 18.9 Å². The van der Waals surface area contributed by atoms with E-state index in [9.17, 15) is 0 Å². The molecule has 1 aromatic rings. The summed E-state index contributed by atoms with van der Waals surface area (Å²) in [5, 5.41) is 6.80. The van der Waals surface area contributed by atoms with Gasteiger partial charge in [-0.05, 0) is 44.0 Å². The number of nitrogens with zero attached hydrogens (tertiary/aromatic N) is 1. The third-order valence-electron chi connectivity index (χ3n) is 2.61. The second kappa shape index (κ2) is 4.42. The molecule has 0 bridgehead atoms. The minimum absolute atomic E-state index is 0.623. The number of hydrogen-bond acceptors (Lipinski definition) is 3. The van der Waals surface area contributed by atoms with Crippen molar-refractivity contribution in [2.24, 2.45) is 0 Å². The molecule has 76 valence electrons. The maximum atomic E-state index is 4.26. The molecule has 1 aromatic heterocycles. The summed E-state index contributed by atoms with van der Waals surface area (Å²) in [6.07, 6.45) is 4.42. The van der Waals surface area contributed by atoms with Crippen molar-refractivity contribution in [2.45, 2.75) is 25.8 Å². The number of nitrogens with one attached hydrogen (secondary N) is 2. The van der Waals surface area contributed by atoms with Crippen molar-refractivity contribution >= 4 is 5.82 Å². The Hall–Kier alpha value is -1.09. The third-order valence-corrected chi connectivity index (χ3v) is 2.61. The Kier molecular flexibility index (Phi) is 2.99. The zero-order valence-electron chi connectivity index (χ0n) is 8.59. The molecule has 2 N–H and O–H groups in total. The van der Waals surface area contributed by atoms with Crippen LogP contribution in [0.3, 0.4) is 0 Å². The minimum atomic E-state index is 0.623. The summed E-state index contributed by atoms with van der Waals surface area (Å²) in [5.41, 5.74) is 1.25. The lowest BCUT2D eigenvalue weighted by atomic mass is 10.2. The highest BCUT2D eigenvalue weighted by Crippen LogP contribution is 2.08. The Labute approximate surface area is 84.9 Å². The van der Waals surface area contributed by atoms with Crippen molar-refractivity contribution in [3.05, 3.63) is 23.9 Å². The zero-order valence-corrected chi connectivity index (χ0v) is 8.59. The number of rotatable bonds is 3. The summed E-state index contributed by atoms with van der Waals surface area (Å²) in [6, 6.07) is 4.71. The van der Waals surface area contributed by atoms with Crippen LogP contribution in [0.2, 0.25) is 0 Å². The lowest BCUT2D eigenvalue weighted by Crippen LogP contribution is -2.29. The van der Waals surface area contributed by atoms with Gasteiger partial charge in [-0.2, -0.15) is 0 Å². The van der Waals surface area contributed by atoms with Gasteiger partial charge in [-0.15, -0.1) is 0 Å². The molecular weight excluding hydrogens is 174 g/mol. The highest BCUT2D eigenvalue weighted by molar-refractivity contribution is 5.37. The third kappa shape index (κ3) is 2.45. The van der Waals surface area contributed by atoms with Gasteiger partial charge in [-0.3, -0.25) is 0 Å². The molecule has 0 amide bonds. The van der Waals surface area contributed by atoms with Gasteiger partial charge in [0.15, 0.2) is 0 Å². The van der Waals surface area contributed by atoms with E-state index in [-0.39, 0.29) is 0 Å². The van der Waals surface area contributed by atoms with E-state index >= 15 is 0 Å². The SMILES string of the molecule is Cc1ccnc(NC[C@H]2CCCN2)c1. The van der Waals surface area contributed by atoms with Gasteiger partial charge in [0.2, 0.25) is 0 Å². The average Bonchev–Trinajstić information content (AvgIpc) is 2.67. The first-order chi connectivity index (χ1) is 6.84. The standard InChI is InChI=1S/C11H17N3/c1-9-4-6-13-11(7-9)14-8-10-3-2-5-12-10/h4,6-7,10,12H,2-3,5,8H2,1H3,(H,13,14)/t10-/m1/s1. The van der Waals surface area contributed by atoms with E-state index in [1.165, 1.54) is 18.4 Å². The van der Waals surface area contributed by atoms with Crippen molar-refractivity contribution in [2.75, 3.05) is 18.4 Å². The fraction of sp³-hybridized carbons (Fsp3) is 0.545. The van der Waals surface area contributed by atoms with Gasteiger partial charge in [0.1, 0.15) is 5.82 Å². The molecule has 0 saturated carbocycles. The summed E-state index contributed by atoms with van der Waals surface area (Å²) < 4.78 is 0. The molecule has 2 heterocycles. The Balaban J connectivity index is 1.85. The Morgan fingerprint density at radius 3 is 3.29 bits per heavy atom. The summed E-state index contributed by atoms with van der Waals surface area (Å²) in [5.74, 6) is 0.985. The van der Waals surface area contributed by atoms with Crippen LogP contribution in [0.1, 0.15) is 18.4 Å². The maximum absolute atomic E-state index is 4.26. The van der Waals surface area contributed by atoms with Crippen LogP contribution in [-0.2, 0) is 0 Å². The smallest absolute Gasteiger partial charge is 0.126 e. The van der Waals surface area contributed by atoms with Gasteiger partial charge in [0.05, 0.1) is 0 Å². The predicted octanol–water partition coefficient (Wildman–Crippen LogP) is 1.55. The largest absolute Gasteiger partial charge is 0.369 e. The number of aromatic nitrogens is 1. The Morgan fingerprint density at radius 1 is 1.64 bits per heavy atom. The Morgan fingerprint density at radius 2 is 2.57 bits per heavy atom. The van der Waals surface area contributed by atoms with Gasteiger partial charge in [0.25, 0.3) is 0 Å². The quantitative estimate of drug-likeness (QED) is 0.761. The molecule has 0 aromatic carbocycles. The summed E-state index contributed by atoms with van der Waals surface area (Å²) >= 11 is 0. The topological polar surface area (TPSA) is 37.0 Å². The first kappa shape index (κ1) is 9.46. The molecule has 3 nitrogen and oxygen atoms in total. The molecule has 1 saturated heterocycles. The van der Waals surface area contributed by atoms with E-state index in [2.05, 4.69) is 28.6 Å². The lowest BCUT2D eigenvalue weighted by molar-refractivity contribution is 0.632. The minimum Gasteiger partial charge on any atom is -0.369 e. The monoisotopic (exact) mass is 191 g/mol. The highest BCUT2D eigenvalue weighted by Gasteiger charge is 2.13. The number of anilines is 1. The van der Waals surface area contributed by atoms with Crippen LogP contribution < -0.4 is 10.6 Å². The maximum Gasteiger partial charge on any atom is 0.126 e. The first-order valence-electron chi connectivity index (χ1n) is 5.24. The molecule has 3 heteroatoms. The van der Waals surface area contributed by atoms with Crippen molar-refractivity contribution in [1.29, 1.82) is 0 Å². The van der Waals surface area contributed by atoms with E-state index in [1.54, 1.807) is 0 Å². The molecule has 0 radical (unpaired) electrons. The van der Waals surface area contributed by atoms with Crippen LogP contribution in [0.15, 0.2) is 18.3 Å². The predicted molar refractivity (Wildman–Crippen MR) is 58.5 cm³/mol. The van der Waals surface area contributed by atoms with Crippen molar-refractivity contribution < 1.29 is 0 Å². The van der Waals surface area contributed by atoms with Gasteiger partial charge < -0.3 is 10.6 Å². The van der Waals surface area contributed by atoms with Gasteiger partial charge >= 0.3 is 0 Å². The molecule has 0 aliphatic carbocycles. The fourth-order valence-corrected chi connectivity index (χ4v) is 1.79. The molecule has 14 heavy (non-hydrogen) atoms. The highest BCUT2D eigenvalue weighted by atomic mass is 15.0. The van der Waals surface area contributed by atoms with E-state index in [1.807, 2.05) is 12.3 Å². The molecule has 1 aliphatic heterocycles. The molecule has 0 unspecified atom stereocenters. The molecule has 1 aliphatic rings. The number of aryl methyl sites for hydroxylation is 1. The van der Waals surface area contributed by atoms with E-state index in [0.29, 0.717) is 6.04 Å². The van der Waals surface area contributed by atoms with Crippen molar-refractivity contribution in [3.8, 4) is 0 Å². The normalized spacial score (nSPS) is 21.1.